The summed E-state index contributed by atoms with van der Waals surface area (Å²) < 4.78 is 55.6. The first-order valence-electron chi connectivity index (χ1n) is 6.62. The van der Waals surface area contributed by atoms with Crippen LogP contribution in [0.2, 0.25) is 0 Å². The largest absolute Gasteiger partial charge is 0 e. The molecule has 0 atom stereocenters. The van der Waals surface area contributed by atoms with Crippen LogP contribution in [0.25, 0.3) is 11.0 Å². The molecule has 1 aromatic heterocycles. The molecular weight excluding hydrogens is 502 g/mol. The Morgan fingerprint density at radius 1 is 0.839 bits per heavy atom. The summed E-state index contributed by atoms with van der Waals surface area (Å²) in [6.07, 6.45) is 6.65. The van der Waals surface area contributed by atoms with Crippen LogP contribution < -0.4 is 10.4 Å². The molecule has 9 nitrogen and oxygen atoms in total. The van der Waals surface area contributed by atoms with E-state index in [1.165, 1.54) is 6.07 Å². The standard InChI is InChI=1S/C14H12O3.6CO.2Co/c1-2-3-4-9-16-12-7-5-11-6-8-14(15)17-13(11)10-12;6*1-2;;/h1,5-8,10H,3-4,9H2;;;;;;;;. The summed E-state index contributed by atoms with van der Waals surface area (Å²) in [5, 5.41) is 0.876. The number of fused-ring (bicyclic) bond motifs is 1. The Balaban J connectivity index is -0.0000000716. The molecule has 0 N–H and O–H groups in total. The van der Waals surface area contributed by atoms with Crippen LogP contribution in [0.3, 0.4) is 0 Å². The second-order valence-corrected chi connectivity index (χ2v) is 3.61. The molecule has 0 aliphatic carbocycles. The fourth-order valence-corrected chi connectivity index (χ4v) is 1.50. The summed E-state index contributed by atoms with van der Waals surface area (Å²) in [7, 11) is 0. The minimum atomic E-state index is -0.359. The Morgan fingerprint density at radius 3 is 1.74 bits per heavy atom. The smallest absolute Gasteiger partial charge is 0 e. The van der Waals surface area contributed by atoms with Crippen molar-refractivity contribution in [1.82, 2.24) is 0 Å². The van der Waals surface area contributed by atoms with E-state index < -0.39 is 0 Å². The van der Waals surface area contributed by atoms with Crippen LogP contribution in [0.4, 0.5) is 0 Å². The van der Waals surface area contributed by atoms with Gasteiger partial charge in [-0.1, -0.05) is 0 Å². The normalized spacial score (nSPS) is 5.90. The molecule has 0 saturated heterocycles. The van der Waals surface area contributed by atoms with Gasteiger partial charge >= 0.3 is 73.4 Å². The average Bonchev–Trinajstić information content (AvgIpc) is 2.84. The van der Waals surface area contributed by atoms with Crippen molar-refractivity contribution in [1.29, 1.82) is 0 Å². The quantitative estimate of drug-likeness (QED) is 0.202. The fourth-order valence-electron chi connectivity index (χ4n) is 1.50. The van der Waals surface area contributed by atoms with E-state index in [0.717, 1.165) is 11.8 Å². The summed E-state index contributed by atoms with van der Waals surface area (Å²) in [5.74, 6) is 3.24. The van der Waals surface area contributed by atoms with E-state index in [4.69, 9.17) is 43.5 Å². The maximum absolute atomic E-state index is 11.1. The van der Waals surface area contributed by atoms with Gasteiger partial charge in [0.2, 0.25) is 0 Å². The molecule has 2 aromatic rings. The molecule has 31 heavy (non-hydrogen) atoms. The number of ether oxygens (including phenoxy) is 1. The van der Waals surface area contributed by atoms with Crippen LogP contribution in [-0.2, 0) is 61.5 Å². The van der Waals surface area contributed by atoms with Gasteiger partial charge in [-0.15, -0.1) is 12.3 Å². The van der Waals surface area contributed by atoms with E-state index in [9.17, 15) is 4.79 Å². The minimum absolute atomic E-state index is 0. The molecule has 0 aliphatic heterocycles. The number of terminal acetylenes is 1. The molecular formula is C20H12Co2O9. The fraction of sp³-hybridized carbons (Fsp3) is 0.150. The van der Waals surface area contributed by atoms with Crippen molar-refractivity contribution in [2.45, 2.75) is 12.8 Å². The molecule has 1 heterocycles. The number of hydrogen-bond donors (Lipinski definition) is 0. The van der Waals surface area contributed by atoms with Crippen molar-refractivity contribution in [2.24, 2.45) is 0 Å². The van der Waals surface area contributed by atoms with Crippen molar-refractivity contribution < 1.29 is 70.6 Å². The first-order chi connectivity index (χ1) is 14.3. The van der Waals surface area contributed by atoms with E-state index in [2.05, 4.69) is 45.8 Å². The third-order valence-corrected chi connectivity index (χ3v) is 2.33. The van der Waals surface area contributed by atoms with Crippen LogP contribution in [0.15, 0.2) is 39.5 Å². The zero-order chi connectivity index (χ0) is 24.1. The molecule has 11 heteroatoms. The van der Waals surface area contributed by atoms with Crippen LogP contribution in [0.1, 0.15) is 12.8 Å². The summed E-state index contributed by atoms with van der Waals surface area (Å²) >= 11 is 0. The summed E-state index contributed by atoms with van der Waals surface area (Å²) in [6.45, 7) is 27.6. The topological polar surface area (TPSA) is 159 Å². The number of unbranched alkanes of at least 4 members (excludes halogenated alkanes) is 1. The second-order valence-electron chi connectivity index (χ2n) is 3.61. The molecule has 2 rings (SSSR count). The van der Waals surface area contributed by atoms with Gasteiger partial charge in [0.25, 0.3) is 0 Å². The monoisotopic (exact) mass is 514 g/mol. The van der Waals surface area contributed by atoms with Gasteiger partial charge in [0.05, 0.1) is 6.61 Å². The van der Waals surface area contributed by atoms with Crippen LogP contribution in [0.5, 0.6) is 5.75 Å². The molecule has 0 aliphatic rings. The molecule has 164 valence electrons. The van der Waals surface area contributed by atoms with Gasteiger partial charge in [0, 0.05) is 57.5 Å². The maximum Gasteiger partial charge on any atom is 0 e. The molecule has 0 fully saturated rings. The predicted octanol–water partition coefficient (Wildman–Crippen LogP) is 2.36. The van der Waals surface area contributed by atoms with Gasteiger partial charge in [0.1, 0.15) is 11.3 Å². The van der Waals surface area contributed by atoms with E-state index in [0.29, 0.717) is 24.4 Å². The Hall–Kier alpha value is -2.76. The van der Waals surface area contributed by atoms with E-state index >= 15 is 0 Å². The molecule has 0 bridgehead atoms. The molecule has 0 amide bonds. The first kappa shape index (κ1) is 46.5. The Labute approximate surface area is 199 Å². The van der Waals surface area contributed by atoms with Gasteiger partial charge in [-0.25, -0.2) is 4.79 Å². The third kappa shape index (κ3) is 27.2. The Kier molecular flexibility index (Phi) is 68.6. The van der Waals surface area contributed by atoms with Crippen molar-refractivity contribution >= 4 is 11.0 Å². The minimum Gasteiger partial charge on any atom is 0 e. The Bertz CT molecular complexity index is 823. The number of rotatable bonds is 4. The zero-order valence-corrected chi connectivity index (χ0v) is 17.5. The van der Waals surface area contributed by atoms with Crippen LogP contribution in [-0.4, -0.2) is 6.61 Å². The summed E-state index contributed by atoms with van der Waals surface area (Å²) in [5.41, 5.74) is 0.175. The van der Waals surface area contributed by atoms with Gasteiger partial charge < -0.3 is 9.15 Å². The summed E-state index contributed by atoms with van der Waals surface area (Å²) in [4.78, 5) is 11.1. The maximum atomic E-state index is 11.1. The van der Waals surface area contributed by atoms with Crippen molar-refractivity contribution in [3.05, 3.63) is 80.7 Å². The number of hydrogen-bond acceptors (Lipinski definition) is 3. The van der Waals surface area contributed by atoms with E-state index in [1.54, 1.807) is 12.1 Å². The second kappa shape index (κ2) is 45.8. The molecule has 0 spiro atoms. The molecule has 0 unspecified atom stereocenters. The SMILES string of the molecule is C#CCCCOc1ccc2ccc(=O)oc2c1.[C-]#[O+].[C-]#[O+].[C-]#[O+].[C-]#[O+].[C-]#[O+].[C-]#[O+].[Co].[Co]. The Morgan fingerprint density at radius 2 is 1.29 bits per heavy atom. The van der Waals surface area contributed by atoms with Gasteiger partial charge in [-0.2, -0.15) is 0 Å². The van der Waals surface area contributed by atoms with Gasteiger partial charge in [0.15, 0.2) is 0 Å². The summed E-state index contributed by atoms with van der Waals surface area (Å²) in [6, 6.07) is 8.54. The third-order valence-electron chi connectivity index (χ3n) is 2.33. The molecule has 2 radical (unpaired) electrons. The molecule has 0 saturated carbocycles. The number of benzene rings is 1. The van der Waals surface area contributed by atoms with Gasteiger partial charge in [-0.05, 0) is 24.6 Å². The van der Waals surface area contributed by atoms with E-state index in [1.807, 2.05) is 12.1 Å². The van der Waals surface area contributed by atoms with E-state index in [-0.39, 0.29) is 39.2 Å². The first-order valence-corrected chi connectivity index (χ1v) is 6.62. The van der Waals surface area contributed by atoms with Gasteiger partial charge in [-0.3, -0.25) is 0 Å². The van der Waals surface area contributed by atoms with Crippen molar-refractivity contribution in [3.63, 3.8) is 0 Å². The van der Waals surface area contributed by atoms with Crippen molar-refractivity contribution in [2.75, 3.05) is 6.61 Å². The predicted molar refractivity (Wildman–Crippen MR) is 89.6 cm³/mol. The average molecular weight is 514 g/mol. The van der Waals surface area contributed by atoms with Crippen LogP contribution in [0, 0.1) is 52.2 Å². The zero-order valence-electron chi connectivity index (χ0n) is 15.4. The van der Waals surface area contributed by atoms with Crippen molar-refractivity contribution in [3.8, 4) is 18.1 Å². The van der Waals surface area contributed by atoms with Crippen LogP contribution >= 0.6 is 0 Å². The molecule has 1 aromatic carbocycles.